The van der Waals surface area contributed by atoms with Gasteiger partial charge in [0, 0.05) is 30.9 Å². The first-order valence-electron chi connectivity index (χ1n) is 7.84. The van der Waals surface area contributed by atoms with Crippen LogP contribution >= 0.6 is 0 Å². The summed E-state index contributed by atoms with van der Waals surface area (Å²) in [5.41, 5.74) is 3.19. The van der Waals surface area contributed by atoms with Gasteiger partial charge in [0.25, 0.3) is 0 Å². The Morgan fingerprint density at radius 3 is 2.26 bits per heavy atom. The maximum Gasteiger partial charge on any atom is 0.0366 e. The van der Waals surface area contributed by atoms with Gasteiger partial charge in [-0.05, 0) is 50.3 Å². The van der Waals surface area contributed by atoms with E-state index in [1.54, 1.807) is 0 Å². The van der Waals surface area contributed by atoms with Crippen molar-refractivity contribution in [2.45, 2.75) is 57.5 Å². The van der Waals surface area contributed by atoms with E-state index in [9.17, 15) is 0 Å². The third kappa shape index (κ3) is 3.11. The van der Waals surface area contributed by atoms with Crippen LogP contribution in [0.15, 0.2) is 24.3 Å². The van der Waals surface area contributed by atoms with E-state index in [1.807, 2.05) is 0 Å². The minimum Gasteiger partial charge on any atom is -0.372 e. The highest BCUT2D eigenvalue weighted by molar-refractivity contribution is 5.48. The van der Waals surface area contributed by atoms with Gasteiger partial charge in [-0.1, -0.05) is 25.0 Å². The zero-order valence-electron chi connectivity index (χ0n) is 12.1. The first kappa shape index (κ1) is 13.0. The molecule has 1 aromatic rings. The van der Waals surface area contributed by atoms with Crippen LogP contribution in [-0.4, -0.2) is 18.6 Å². The van der Waals surface area contributed by atoms with Crippen LogP contribution < -0.4 is 10.2 Å². The average Bonchev–Trinajstić information content (AvgIpc) is 3.09. The summed E-state index contributed by atoms with van der Waals surface area (Å²) < 4.78 is 0. The molecule has 0 amide bonds. The number of benzene rings is 1. The summed E-state index contributed by atoms with van der Waals surface area (Å²) in [6.45, 7) is 5.85. The summed E-state index contributed by atoms with van der Waals surface area (Å²) >= 11 is 0. The van der Waals surface area contributed by atoms with Gasteiger partial charge in [-0.15, -0.1) is 0 Å². The van der Waals surface area contributed by atoms with E-state index in [4.69, 9.17) is 0 Å². The molecule has 0 unspecified atom stereocenters. The largest absolute Gasteiger partial charge is 0.372 e. The predicted molar refractivity (Wildman–Crippen MR) is 81.6 cm³/mol. The van der Waals surface area contributed by atoms with Crippen molar-refractivity contribution in [1.82, 2.24) is 5.32 Å². The molecule has 1 saturated carbocycles. The second kappa shape index (κ2) is 5.54. The molecule has 1 aromatic carbocycles. The van der Waals surface area contributed by atoms with Crippen LogP contribution in [-0.2, 0) is 6.54 Å². The van der Waals surface area contributed by atoms with E-state index in [0.717, 1.165) is 6.54 Å². The zero-order valence-corrected chi connectivity index (χ0v) is 12.1. The lowest BCUT2D eigenvalue weighted by atomic mass is 10.0. The second-order valence-corrected chi connectivity index (χ2v) is 6.48. The van der Waals surface area contributed by atoms with Gasteiger partial charge in [-0.2, -0.15) is 0 Å². The Hall–Kier alpha value is -1.02. The van der Waals surface area contributed by atoms with Crippen LogP contribution in [0.25, 0.3) is 0 Å². The molecule has 2 aliphatic rings. The van der Waals surface area contributed by atoms with Gasteiger partial charge >= 0.3 is 0 Å². The second-order valence-electron chi connectivity index (χ2n) is 6.48. The number of nitrogens with one attached hydrogen (secondary N) is 1. The first-order valence-corrected chi connectivity index (χ1v) is 7.84. The molecule has 19 heavy (non-hydrogen) atoms. The smallest absolute Gasteiger partial charge is 0.0366 e. The van der Waals surface area contributed by atoms with Crippen LogP contribution in [0.4, 0.5) is 5.69 Å². The molecule has 1 heterocycles. The van der Waals surface area contributed by atoms with Gasteiger partial charge in [-0.25, -0.2) is 0 Å². The number of hydrogen-bond acceptors (Lipinski definition) is 2. The molecular formula is C17H26N2. The fraction of sp³-hybridized carbons (Fsp3) is 0.647. The van der Waals surface area contributed by atoms with Gasteiger partial charge in [0.2, 0.25) is 0 Å². The Kier molecular flexibility index (Phi) is 3.79. The standard InChI is InChI=1S/C17H26N2/c1-17(10-2-3-11-17)18-14-15-6-8-16(9-7-15)19-12-4-5-13-19/h6-9,18H,2-5,10-14H2,1H3. The highest BCUT2D eigenvalue weighted by atomic mass is 15.1. The summed E-state index contributed by atoms with van der Waals surface area (Å²) in [4.78, 5) is 2.50. The molecule has 1 aliphatic carbocycles. The Morgan fingerprint density at radius 2 is 1.63 bits per heavy atom. The third-order valence-corrected chi connectivity index (χ3v) is 4.83. The fourth-order valence-electron chi connectivity index (χ4n) is 3.45. The minimum absolute atomic E-state index is 0.383. The van der Waals surface area contributed by atoms with Gasteiger partial charge in [0.1, 0.15) is 0 Å². The van der Waals surface area contributed by atoms with Crippen molar-refractivity contribution < 1.29 is 0 Å². The van der Waals surface area contributed by atoms with Gasteiger partial charge in [0.05, 0.1) is 0 Å². The lowest BCUT2D eigenvalue weighted by Gasteiger charge is -2.25. The molecule has 0 bridgehead atoms. The summed E-state index contributed by atoms with van der Waals surface area (Å²) in [6, 6.07) is 9.16. The zero-order chi connectivity index (χ0) is 13.1. The van der Waals surface area contributed by atoms with Gasteiger partial charge < -0.3 is 10.2 Å². The van der Waals surface area contributed by atoms with Crippen molar-refractivity contribution in [3.8, 4) is 0 Å². The Bertz CT molecular complexity index is 398. The van der Waals surface area contributed by atoms with Crippen molar-refractivity contribution in [2.75, 3.05) is 18.0 Å². The van der Waals surface area contributed by atoms with Crippen LogP contribution in [0.1, 0.15) is 51.0 Å². The fourth-order valence-corrected chi connectivity index (χ4v) is 3.45. The van der Waals surface area contributed by atoms with Gasteiger partial charge in [0.15, 0.2) is 0 Å². The summed E-state index contributed by atoms with van der Waals surface area (Å²) in [5, 5.41) is 3.75. The van der Waals surface area contributed by atoms with E-state index >= 15 is 0 Å². The van der Waals surface area contributed by atoms with Crippen molar-refractivity contribution in [1.29, 1.82) is 0 Å². The Balaban J connectivity index is 1.56. The van der Waals surface area contributed by atoms with Crippen molar-refractivity contribution in [2.24, 2.45) is 0 Å². The highest BCUT2D eigenvalue weighted by Crippen LogP contribution is 2.29. The molecule has 1 saturated heterocycles. The van der Waals surface area contributed by atoms with Crippen LogP contribution in [0.5, 0.6) is 0 Å². The molecule has 104 valence electrons. The highest BCUT2D eigenvalue weighted by Gasteiger charge is 2.27. The van der Waals surface area contributed by atoms with Crippen LogP contribution in [0, 0.1) is 0 Å². The molecule has 2 nitrogen and oxygen atoms in total. The molecule has 0 aromatic heterocycles. The van der Waals surface area contributed by atoms with Crippen LogP contribution in [0.2, 0.25) is 0 Å². The molecule has 1 aliphatic heterocycles. The third-order valence-electron chi connectivity index (χ3n) is 4.83. The molecule has 1 N–H and O–H groups in total. The molecule has 3 rings (SSSR count). The quantitative estimate of drug-likeness (QED) is 0.885. The van der Waals surface area contributed by atoms with Crippen LogP contribution in [0.3, 0.4) is 0 Å². The van der Waals surface area contributed by atoms with E-state index in [0.29, 0.717) is 5.54 Å². The lowest BCUT2D eigenvalue weighted by molar-refractivity contribution is 0.363. The van der Waals surface area contributed by atoms with E-state index in [1.165, 1.54) is 62.9 Å². The van der Waals surface area contributed by atoms with Crippen molar-refractivity contribution >= 4 is 5.69 Å². The van der Waals surface area contributed by atoms with Gasteiger partial charge in [-0.3, -0.25) is 0 Å². The summed E-state index contributed by atoms with van der Waals surface area (Å²) in [7, 11) is 0. The lowest BCUT2D eigenvalue weighted by Crippen LogP contribution is -2.38. The molecule has 0 spiro atoms. The maximum atomic E-state index is 3.75. The number of anilines is 1. The summed E-state index contributed by atoms with van der Waals surface area (Å²) in [5.74, 6) is 0. The van der Waals surface area contributed by atoms with Crippen molar-refractivity contribution in [3.05, 3.63) is 29.8 Å². The molecule has 0 radical (unpaired) electrons. The maximum absolute atomic E-state index is 3.75. The number of rotatable bonds is 4. The minimum atomic E-state index is 0.383. The average molecular weight is 258 g/mol. The Morgan fingerprint density at radius 1 is 1.00 bits per heavy atom. The number of nitrogens with zero attached hydrogens (tertiary/aromatic N) is 1. The predicted octanol–water partition coefficient (Wildman–Crippen LogP) is 3.71. The number of hydrogen-bond donors (Lipinski definition) is 1. The molecular weight excluding hydrogens is 232 g/mol. The SMILES string of the molecule is CC1(NCc2ccc(N3CCCC3)cc2)CCCC1. The van der Waals surface area contributed by atoms with E-state index in [2.05, 4.69) is 41.4 Å². The molecule has 2 fully saturated rings. The monoisotopic (exact) mass is 258 g/mol. The molecule has 0 atom stereocenters. The summed E-state index contributed by atoms with van der Waals surface area (Å²) in [6.07, 6.45) is 8.13. The Labute approximate surface area is 117 Å². The van der Waals surface area contributed by atoms with E-state index < -0.39 is 0 Å². The normalized spacial score (nSPS) is 22.1. The topological polar surface area (TPSA) is 15.3 Å². The van der Waals surface area contributed by atoms with E-state index in [-0.39, 0.29) is 0 Å². The first-order chi connectivity index (χ1) is 9.25. The van der Waals surface area contributed by atoms with Crippen molar-refractivity contribution in [3.63, 3.8) is 0 Å². The molecule has 2 heteroatoms.